The van der Waals surface area contributed by atoms with Crippen LogP contribution in [0.15, 0.2) is 249 Å². The third kappa shape index (κ3) is 9.38. The van der Waals surface area contributed by atoms with E-state index >= 15 is 0 Å². The quantitative estimate of drug-likeness (QED) is 0.137. The highest BCUT2D eigenvalue weighted by atomic mass is 16.5. The van der Waals surface area contributed by atoms with Gasteiger partial charge in [0.25, 0.3) is 0 Å². The highest BCUT2D eigenvalue weighted by Crippen LogP contribution is 2.58. The molecular formula is C80H72N4O. The molecular weight excluding hydrogens is 1030 g/mol. The van der Waals surface area contributed by atoms with Gasteiger partial charge in [0.1, 0.15) is 24.0 Å². The topological polar surface area (TPSA) is 33.5 Å². The Balaban J connectivity index is 1.01. The van der Waals surface area contributed by atoms with Crippen LogP contribution in [0.5, 0.6) is 11.5 Å². The maximum Gasteiger partial charge on any atom is 0.137 e. The van der Waals surface area contributed by atoms with E-state index in [9.17, 15) is 2.74 Å². The summed E-state index contributed by atoms with van der Waals surface area (Å²) in [7, 11) is 0. The van der Waals surface area contributed by atoms with Crippen LogP contribution < -0.4 is 14.5 Å². The first-order chi connectivity index (χ1) is 41.8. The minimum absolute atomic E-state index is 0.0510. The second-order valence-electron chi connectivity index (χ2n) is 26.2. The molecule has 2 aromatic heterocycles. The molecule has 0 radical (unpaired) electrons. The molecule has 3 heterocycles. The van der Waals surface area contributed by atoms with Crippen molar-refractivity contribution in [1.82, 2.24) is 9.55 Å². The average molecular weight is 1110 g/mol. The van der Waals surface area contributed by atoms with Crippen molar-refractivity contribution in [2.24, 2.45) is 5.41 Å². The Morgan fingerprint density at radius 3 is 1.65 bits per heavy atom. The van der Waals surface area contributed by atoms with E-state index < -0.39 is 17.2 Å². The Bertz CT molecular complexity index is 4510. The Morgan fingerprint density at radius 1 is 0.459 bits per heavy atom. The predicted octanol–water partition coefficient (Wildman–Crippen LogP) is 21.1. The van der Waals surface area contributed by atoms with Crippen molar-refractivity contribution in [3.05, 3.63) is 288 Å². The number of benzene rings is 10. The molecule has 12 aromatic rings. The Kier molecular flexibility index (Phi) is 12.3. The van der Waals surface area contributed by atoms with Gasteiger partial charge in [0.05, 0.1) is 33.5 Å². The average Bonchev–Trinajstić information content (AvgIpc) is 1.59. The fourth-order valence-corrected chi connectivity index (χ4v) is 13.4. The molecule has 14 rings (SSSR count). The Hall–Kier alpha value is -9.45. The van der Waals surface area contributed by atoms with E-state index in [1.165, 1.54) is 38.9 Å². The summed E-state index contributed by atoms with van der Waals surface area (Å²) in [4.78, 5) is 9.91. The lowest BCUT2D eigenvalue weighted by atomic mass is 9.67. The molecule has 0 saturated heterocycles. The lowest BCUT2D eigenvalue weighted by Crippen LogP contribution is -2.30. The number of hydrogen-bond acceptors (Lipinski definition) is 4. The number of hydrogen-bond donors (Lipinski definition) is 0. The van der Waals surface area contributed by atoms with Gasteiger partial charge in [-0.25, -0.2) is 4.98 Å². The number of aromatic nitrogens is 2. The summed E-state index contributed by atoms with van der Waals surface area (Å²) in [5, 5.41) is 2.27. The van der Waals surface area contributed by atoms with Crippen molar-refractivity contribution < 1.29 is 7.48 Å². The monoisotopic (exact) mass is 1110 g/mol. The summed E-state index contributed by atoms with van der Waals surface area (Å²) in [6.45, 7) is 20.0. The van der Waals surface area contributed by atoms with E-state index in [1.54, 1.807) is 0 Å². The number of rotatable bonds is 10. The molecule has 0 fully saturated rings. The third-order valence-corrected chi connectivity index (χ3v) is 17.3. The molecule has 418 valence electrons. The summed E-state index contributed by atoms with van der Waals surface area (Å²) >= 11 is 0. The van der Waals surface area contributed by atoms with Crippen molar-refractivity contribution in [1.29, 1.82) is 0 Å². The molecule has 0 N–H and O–H groups in total. The van der Waals surface area contributed by atoms with Crippen LogP contribution in [-0.2, 0) is 22.6 Å². The minimum Gasteiger partial charge on any atom is -0.457 e. The van der Waals surface area contributed by atoms with Crippen molar-refractivity contribution in [2.75, 3.05) is 16.5 Å². The number of pyridine rings is 1. The Morgan fingerprint density at radius 2 is 1.02 bits per heavy atom. The van der Waals surface area contributed by atoms with Gasteiger partial charge in [0.15, 0.2) is 0 Å². The second-order valence-corrected chi connectivity index (χ2v) is 26.2. The third-order valence-electron chi connectivity index (χ3n) is 17.3. The van der Waals surface area contributed by atoms with Gasteiger partial charge in [-0.1, -0.05) is 226 Å². The maximum absolute atomic E-state index is 9.75. The van der Waals surface area contributed by atoms with Crippen molar-refractivity contribution in [3.63, 3.8) is 0 Å². The zero-order valence-electron chi connectivity index (χ0n) is 52.1. The smallest absolute Gasteiger partial charge is 0.137 e. The van der Waals surface area contributed by atoms with Gasteiger partial charge in [-0.05, 0) is 151 Å². The van der Waals surface area contributed by atoms with Crippen LogP contribution in [0.4, 0.5) is 22.7 Å². The summed E-state index contributed by atoms with van der Waals surface area (Å²) in [5.74, 6) is 2.26. The first-order valence-electron chi connectivity index (χ1n) is 30.9. The maximum atomic E-state index is 9.75. The fourth-order valence-electron chi connectivity index (χ4n) is 13.4. The predicted molar refractivity (Wildman–Crippen MR) is 356 cm³/mol. The molecule has 0 amide bonds. The largest absolute Gasteiger partial charge is 0.457 e. The molecule has 5 nitrogen and oxygen atoms in total. The van der Waals surface area contributed by atoms with E-state index in [2.05, 4.69) is 286 Å². The summed E-state index contributed by atoms with van der Waals surface area (Å²) < 4.78 is 29.3. The van der Waals surface area contributed by atoms with Crippen LogP contribution in [0.25, 0.3) is 61.0 Å². The van der Waals surface area contributed by atoms with Gasteiger partial charge in [-0.15, -0.1) is 0 Å². The lowest BCUT2D eigenvalue weighted by molar-refractivity contribution is 0.411. The number of ether oxygens (including phenoxy) is 1. The first kappa shape index (κ1) is 51.2. The molecule has 85 heavy (non-hydrogen) atoms. The molecule has 0 saturated carbocycles. The minimum atomic E-state index is -1.67. The van der Waals surface area contributed by atoms with E-state index in [0.29, 0.717) is 23.7 Å². The summed E-state index contributed by atoms with van der Waals surface area (Å²) in [5.41, 5.74) is 18.7. The number of anilines is 4. The van der Waals surface area contributed by atoms with E-state index in [0.717, 1.165) is 78.2 Å². The van der Waals surface area contributed by atoms with Crippen molar-refractivity contribution in [2.45, 2.75) is 84.9 Å². The van der Waals surface area contributed by atoms with Gasteiger partial charge in [0.2, 0.25) is 0 Å². The molecule has 1 aliphatic heterocycles. The SMILES string of the molecule is [2H]C([2H])(c1cc(-c2ccccc2)c(N2CN(c3cc(Oc4ccc5c6ccccc6n(-c6cc(C(C)(C)C)ccn6)c5c4)cc(C4(c5ccc(C(C)(C)C)cc5)c5ccccc5-c5ccccc54)c3)c3ccccc32)c(-c2ccccc2)c1)C(C)(C)C. The van der Waals surface area contributed by atoms with Crippen LogP contribution in [0.1, 0.15) is 104 Å². The normalized spacial score (nSPS) is 14.3. The van der Waals surface area contributed by atoms with Crippen molar-refractivity contribution in [3.8, 4) is 50.7 Å². The standard InChI is InChI=1S/C80H72N4O/c1-77(2,3)51-53-44-67(54-24-12-10-13-25-54)76(68(45-53)55-26-14-11-15-27-55)83-52-82(72-34-22-23-35-73(72)83)60-46-59(80(57-38-36-56(37-39-57)78(4,5)6)69-31-19-16-28-63(69)64-29-17-20-32-70(64)80)47-62(49-60)85-61-40-41-66-65-30-18-21-33-71(65)84(74(66)50-61)75-48-58(42-43-81-75)79(7,8)9/h10-50H,51-52H2,1-9H3/i51D2. The molecule has 10 aromatic carbocycles. The van der Waals surface area contributed by atoms with Crippen LogP contribution in [0, 0.1) is 5.41 Å². The number of nitrogens with zero attached hydrogens (tertiary/aromatic N) is 4. The fraction of sp³-hybridized carbons (Fsp3) is 0.188. The number of fused-ring (bicyclic) bond motifs is 7. The van der Waals surface area contributed by atoms with Gasteiger partial charge in [-0.2, -0.15) is 0 Å². The van der Waals surface area contributed by atoms with Crippen LogP contribution in [0.2, 0.25) is 0 Å². The molecule has 0 spiro atoms. The molecule has 0 atom stereocenters. The number of para-hydroxylation sites is 3. The summed E-state index contributed by atoms with van der Waals surface area (Å²) in [6, 6.07) is 87.6. The lowest BCUT2D eigenvalue weighted by Gasteiger charge is -2.35. The highest BCUT2D eigenvalue weighted by molar-refractivity contribution is 6.09. The first-order valence-corrected chi connectivity index (χ1v) is 29.9. The highest BCUT2D eigenvalue weighted by Gasteiger charge is 2.47. The van der Waals surface area contributed by atoms with E-state index in [-0.39, 0.29) is 10.8 Å². The van der Waals surface area contributed by atoms with Gasteiger partial charge in [-0.3, -0.25) is 4.57 Å². The van der Waals surface area contributed by atoms with Gasteiger partial charge >= 0.3 is 0 Å². The van der Waals surface area contributed by atoms with Crippen molar-refractivity contribution >= 4 is 44.6 Å². The molecule has 0 bridgehead atoms. The van der Waals surface area contributed by atoms with Crippen LogP contribution in [0.3, 0.4) is 0 Å². The molecule has 0 unspecified atom stereocenters. The van der Waals surface area contributed by atoms with E-state index in [4.69, 9.17) is 9.72 Å². The zero-order valence-corrected chi connectivity index (χ0v) is 50.1. The second kappa shape index (κ2) is 20.4. The molecule has 2 aliphatic rings. The van der Waals surface area contributed by atoms with E-state index in [1.807, 2.05) is 39.1 Å². The summed E-state index contributed by atoms with van der Waals surface area (Å²) in [6.07, 6.45) is 0.264. The van der Waals surface area contributed by atoms with Crippen LogP contribution >= 0.6 is 0 Å². The van der Waals surface area contributed by atoms with Gasteiger partial charge in [0, 0.05) is 48.7 Å². The van der Waals surface area contributed by atoms with Gasteiger partial charge < -0.3 is 14.5 Å². The Labute approximate surface area is 504 Å². The molecule has 5 heteroatoms. The molecule has 1 aliphatic carbocycles. The zero-order chi connectivity index (χ0) is 60.2. The van der Waals surface area contributed by atoms with Crippen LogP contribution in [-0.4, -0.2) is 16.2 Å².